The molecule has 7 heavy (non-hydrogen) atoms. The Balaban J connectivity index is 3.17. The maximum atomic E-state index is 9.91. The molecule has 0 saturated carbocycles. The molecule has 0 atom stereocenters. The predicted octanol–water partition coefficient (Wildman–Crippen LogP) is -0.421. The van der Waals surface area contributed by atoms with Crippen LogP contribution >= 0.6 is 11.9 Å². The van der Waals surface area contributed by atoms with Crippen LogP contribution in [0.25, 0.3) is 0 Å². The summed E-state index contributed by atoms with van der Waals surface area (Å²) >= 11 is 1.10. The first-order valence-corrected chi connectivity index (χ1v) is 2.82. The van der Waals surface area contributed by atoms with Crippen LogP contribution in [-0.2, 0) is 9.59 Å². The fourth-order valence-electron chi connectivity index (χ4n) is 0.125. The second kappa shape index (κ2) is 3.67. The van der Waals surface area contributed by atoms with Gasteiger partial charge < -0.3 is 0 Å². The van der Waals surface area contributed by atoms with Gasteiger partial charge in [-0.05, 0) is 0 Å². The standard InChI is InChI=1S/C3H5NO2S/c1-7-4-3(6)2-5/h2H,1H3,(H,4,6). The molecule has 0 fully saturated rings. The summed E-state index contributed by atoms with van der Waals surface area (Å²) in [6.45, 7) is 0. The molecule has 0 unspecified atom stereocenters. The van der Waals surface area contributed by atoms with E-state index in [1.807, 2.05) is 0 Å². The molecule has 0 heterocycles. The minimum Gasteiger partial charge on any atom is -0.294 e. The molecule has 1 amide bonds. The highest BCUT2D eigenvalue weighted by Gasteiger charge is 1.89. The third-order valence-corrected chi connectivity index (χ3v) is 0.715. The summed E-state index contributed by atoms with van der Waals surface area (Å²) in [7, 11) is 0. The Labute approximate surface area is 45.6 Å². The number of carbonyl (C=O) groups is 2. The second-order valence-corrected chi connectivity index (χ2v) is 1.40. The summed E-state index contributed by atoms with van der Waals surface area (Å²) in [5, 5.41) is 0. The molecule has 0 aliphatic heterocycles. The van der Waals surface area contributed by atoms with E-state index in [9.17, 15) is 9.59 Å². The number of hydrogen-bond donors (Lipinski definition) is 1. The maximum absolute atomic E-state index is 9.91. The molecular formula is C3H5NO2S. The molecule has 0 bridgehead atoms. The maximum Gasteiger partial charge on any atom is 0.293 e. The lowest BCUT2D eigenvalue weighted by atomic mass is 10.7. The van der Waals surface area contributed by atoms with Crippen molar-refractivity contribution >= 4 is 24.1 Å². The second-order valence-electron chi connectivity index (χ2n) is 0.788. The van der Waals surface area contributed by atoms with Gasteiger partial charge >= 0.3 is 0 Å². The first kappa shape index (κ1) is 6.49. The Morgan fingerprint density at radius 3 is 2.57 bits per heavy atom. The van der Waals surface area contributed by atoms with Crippen molar-refractivity contribution in [1.29, 1.82) is 0 Å². The van der Waals surface area contributed by atoms with Crippen molar-refractivity contribution in [2.75, 3.05) is 6.26 Å². The molecule has 1 N–H and O–H groups in total. The minimum absolute atomic E-state index is 0.233. The summed E-state index contributed by atoms with van der Waals surface area (Å²) in [6.07, 6.45) is 1.90. The lowest BCUT2D eigenvalue weighted by Gasteiger charge is -1.86. The van der Waals surface area contributed by atoms with Crippen LogP contribution < -0.4 is 4.72 Å². The number of carbonyl (C=O) groups excluding carboxylic acids is 2. The normalized spacial score (nSPS) is 7.57. The summed E-state index contributed by atoms with van der Waals surface area (Å²) in [5.41, 5.74) is 0. The summed E-state index contributed by atoms with van der Waals surface area (Å²) in [5.74, 6) is -0.590. The zero-order valence-electron chi connectivity index (χ0n) is 3.80. The summed E-state index contributed by atoms with van der Waals surface area (Å²) in [6, 6.07) is 0. The van der Waals surface area contributed by atoms with E-state index >= 15 is 0 Å². The van der Waals surface area contributed by atoms with Crippen LogP contribution in [-0.4, -0.2) is 18.4 Å². The zero-order chi connectivity index (χ0) is 5.70. The van der Waals surface area contributed by atoms with Crippen LogP contribution in [0.2, 0.25) is 0 Å². The quantitative estimate of drug-likeness (QED) is 0.305. The lowest BCUT2D eigenvalue weighted by molar-refractivity contribution is -0.129. The lowest BCUT2D eigenvalue weighted by Crippen LogP contribution is -2.15. The Kier molecular flexibility index (Phi) is 3.40. The first-order chi connectivity index (χ1) is 3.31. The molecule has 0 aliphatic carbocycles. The summed E-state index contributed by atoms with van der Waals surface area (Å²) < 4.78 is 2.20. The predicted molar refractivity (Wildman–Crippen MR) is 27.7 cm³/mol. The van der Waals surface area contributed by atoms with E-state index < -0.39 is 5.91 Å². The number of aldehydes is 1. The van der Waals surface area contributed by atoms with Crippen molar-refractivity contribution < 1.29 is 9.59 Å². The molecule has 3 nitrogen and oxygen atoms in total. The monoisotopic (exact) mass is 119 g/mol. The number of amides is 1. The van der Waals surface area contributed by atoms with Crippen LogP contribution in [0.5, 0.6) is 0 Å². The van der Waals surface area contributed by atoms with Crippen molar-refractivity contribution in [2.24, 2.45) is 0 Å². The average Bonchev–Trinajstić information content (AvgIpc) is 1.68. The molecule has 0 aliphatic rings. The van der Waals surface area contributed by atoms with Crippen molar-refractivity contribution in [2.45, 2.75) is 0 Å². The number of rotatable bonds is 2. The molecule has 0 saturated heterocycles. The van der Waals surface area contributed by atoms with Gasteiger partial charge in [0.05, 0.1) is 0 Å². The van der Waals surface area contributed by atoms with Gasteiger partial charge in [0.25, 0.3) is 5.91 Å². The molecular weight excluding hydrogens is 114 g/mol. The van der Waals surface area contributed by atoms with E-state index in [4.69, 9.17) is 0 Å². The Bertz CT molecular complexity index is 83.0. The van der Waals surface area contributed by atoms with E-state index in [0.29, 0.717) is 0 Å². The van der Waals surface area contributed by atoms with Gasteiger partial charge in [-0.3, -0.25) is 14.3 Å². The molecule has 0 aromatic carbocycles. The third-order valence-electron chi connectivity index (χ3n) is 0.310. The molecule has 0 aromatic heterocycles. The molecule has 0 spiro atoms. The van der Waals surface area contributed by atoms with E-state index in [1.165, 1.54) is 0 Å². The third kappa shape index (κ3) is 3.32. The Morgan fingerprint density at radius 2 is 2.43 bits per heavy atom. The van der Waals surface area contributed by atoms with Crippen molar-refractivity contribution in [3.63, 3.8) is 0 Å². The van der Waals surface area contributed by atoms with Gasteiger partial charge in [0.2, 0.25) is 6.29 Å². The van der Waals surface area contributed by atoms with Crippen molar-refractivity contribution in [1.82, 2.24) is 4.72 Å². The van der Waals surface area contributed by atoms with E-state index in [-0.39, 0.29) is 6.29 Å². The molecule has 0 aromatic rings. The average molecular weight is 119 g/mol. The van der Waals surface area contributed by atoms with Crippen molar-refractivity contribution in [3.05, 3.63) is 0 Å². The highest BCUT2D eigenvalue weighted by Crippen LogP contribution is 1.76. The van der Waals surface area contributed by atoms with E-state index in [0.717, 1.165) is 11.9 Å². The van der Waals surface area contributed by atoms with Crippen LogP contribution in [0, 0.1) is 0 Å². The zero-order valence-corrected chi connectivity index (χ0v) is 4.62. The van der Waals surface area contributed by atoms with Gasteiger partial charge in [-0.25, -0.2) is 0 Å². The number of hydrogen-bond acceptors (Lipinski definition) is 3. The largest absolute Gasteiger partial charge is 0.294 e. The molecule has 0 rings (SSSR count). The molecule has 4 heteroatoms. The SMILES string of the molecule is CSNC(=O)C=O. The highest BCUT2D eigenvalue weighted by atomic mass is 32.2. The van der Waals surface area contributed by atoms with Gasteiger partial charge in [-0.1, -0.05) is 11.9 Å². The van der Waals surface area contributed by atoms with Crippen LogP contribution in [0.4, 0.5) is 0 Å². The summed E-state index contributed by atoms with van der Waals surface area (Å²) in [4.78, 5) is 19.4. The fraction of sp³-hybridized carbons (Fsp3) is 0.333. The van der Waals surface area contributed by atoms with Gasteiger partial charge in [0.15, 0.2) is 0 Å². The van der Waals surface area contributed by atoms with Crippen LogP contribution in [0.1, 0.15) is 0 Å². The van der Waals surface area contributed by atoms with Gasteiger partial charge in [0, 0.05) is 6.26 Å². The smallest absolute Gasteiger partial charge is 0.293 e. The van der Waals surface area contributed by atoms with Crippen molar-refractivity contribution in [3.8, 4) is 0 Å². The Morgan fingerprint density at radius 1 is 1.86 bits per heavy atom. The van der Waals surface area contributed by atoms with E-state index in [1.54, 1.807) is 6.26 Å². The Hall–Kier alpha value is -0.510. The molecule has 40 valence electrons. The highest BCUT2D eigenvalue weighted by molar-refractivity contribution is 7.97. The van der Waals surface area contributed by atoms with Gasteiger partial charge in [0.1, 0.15) is 0 Å². The van der Waals surface area contributed by atoms with Crippen LogP contribution in [0.15, 0.2) is 0 Å². The van der Waals surface area contributed by atoms with E-state index in [2.05, 4.69) is 4.72 Å². The van der Waals surface area contributed by atoms with Gasteiger partial charge in [-0.15, -0.1) is 0 Å². The van der Waals surface area contributed by atoms with Crippen LogP contribution in [0.3, 0.4) is 0 Å². The topological polar surface area (TPSA) is 46.2 Å². The van der Waals surface area contributed by atoms with Gasteiger partial charge in [-0.2, -0.15) is 0 Å². The fourth-order valence-corrected chi connectivity index (χ4v) is 0.374. The number of nitrogens with one attached hydrogen (secondary N) is 1. The first-order valence-electron chi connectivity index (χ1n) is 1.59. The minimum atomic E-state index is -0.590. The molecule has 0 radical (unpaired) electrons.